The van der Waals surface area contributed by atoms with Gasteiger partial charge < -0.3 is 5.32 Å². The number of carbonyl (C=O) groups excluding carboxylic acids is 1. The van der Waals surface area contributed by atoms with E-state index < -0.39 is 11.7 Å². The number of amides is 1. The molecule has 146 valence electrons. The first-order chi connectivity index (χ1) is 13.9. The van der Waals surface area contributed by atoms with Crippen molar-refractivity contribution in [3.63, 3.8) is 0 Å². The molecular formula is C20H13ClF2N4OS. The molecule has 2 aromatic carbocycles. The molecule has 29 heavy (non-hydrogen) atoms. The van der Waals surface area contributed by atoms with Crippen molar-refractivity contribution in [2.75, 3.05) is 5.32 Å². The second kappa shape index (κ2) is 7.73. The molecule has 0 aliphatic heterocycles. The van der Waals surface area contributed by atoms with Crippen LogP contribution in [0.15, 0.2) is 53.9 Å². The fourth-order valence-corrected chi connectivity index (χ4v) is 3.79. The second-order valence-electron chi connectivity index (χ2n) is 6.16. The molecule has 1 amide bonds. The highest BCUT2D eigenvalue weighted by atomic mass is 35.5. The van der Waals surface area contributed by atoms with Crippen molar-refractivity contribution in [3.8, 4) is 16.4 Å². The third-order valence-electron chi connectivity index (χ3n) is 4.08. The van der Waals surface area contributed by atoms with Crippen LogP contribution in [0.25, 0.3) is 16.4 Å². The Balaban J connectivity index is 1.66. The molecule has 0 atom stereocenters. The molecule has 4 rings (SSSR count). The number of carbonyl (C=O) groups is 1. The highest BCUT2D eigenvalue weighted by Crippen LogP contribution is 2.27. The molecule has 0 unspecified atom stereocenters. The zero-order valence-corrected chi connectivity index (χ0v) is 16.6. The molecule has 0 saturated heterocycles. The van der Waals surface area contributed by atoms with Crippen molar-refractivity contribution < 1.29 is 13.6 Å². The summed E-state index contributed by atoms with van der Waals surface area (Å²) in [5.74, 6) is -1.41. The maximum absolute atomic E-state index is 14.0. The standard InChI is InChI=1S/C20H13ClF2N4OS/c1-11-9-17(25-19(28)18-14(21)3-2-4-15(18)23)27(26-11)20-24-16(10-29-20)12-5-7-13(22)8-6-12/h2-10H,1H3,(H,25,28). The van der Waals surface area contributed by atoms with Crippen LogP contribution in [0.2, 0.25) is 5.02 Å². The van der Waals surface area contributed by atoms with Gasteiger partial charge in [-0.05, 0) is 43.3 Å². The van der Waals surface area contributed by atoms with E-state index in [1.807, 2.05) is 0 Å². The molecule has 5 nitrogen and oxygen atoms in total. The van der Waals surface area contributed by atoms with Crippen LogP contribution in [0.4, 0.5) is 14.6 Å². The van der Waals surface area contributed by atoms with Gasteiger partial charge in [0, 0.05) is 17.0 Å². The predicted molar refractivity (Wildman–Crippen MR) is 109 cm³/mol. The molecule has 2 aromatic heterocycles. The summed E-state index contributed by atoms with van der Waals surface area (Å²) in [7, 11) is 0. The highest BCUT2D eigenvalue weighted by Gasteiger charge is 2.19. The van der Waals surface area contributed by atoms with Gasteiger partial charge in [0.1, 0.15) is 17.5 Å². The Bertz CT molecular complexity index is 1180. The van der Waals surface area contributed by atoms with E-state index >= 15 is 0 Å². The fourth-order valence-electron chi connectivity index (χ4n) is 2.74. The lowest BCUT2D eigenvalue weighted by Crippen LogP contribution is -2.17. The molecule has 0 aliphatic rings. The largest absolute Gasteiger partial charge is 0.306 e. The second-order valence-corrected chi connectivity index (χ2v) is 7.40. The van der Waals surface area contributed by atoms with Gasteiger partial charge in [0.2, 0.25) is 5.13 Å². The zero-order valence-electron chi connectivity index (χ0n) is 15.0. The first-order valence-electron chi connectivity index (χ1n) is 8.46. The molecule has 0 radical (unpaired) electrons. The van der Waals surface area contributed by atoms with Gasteiger partial charge in [-0.25, -0.2) is 13.8 Å². The van der Waals surface area contributed by atoms with Gasteiger partial charge in [-0.15, -0.1) is 11.3 Å². The van der Waals surface area contributed by atoms with Crippen molar-refractivity contribution in [3.05, 3.63) is 81.8 Å². The quantitative estimate of drug-likeness (QED) is 0.466. The topological polar surface area (TPSA) is 59.8 Å². The zero-order chi connectivity index (χ0) is 20.5. The van der Waals surface area contributed by atoms with Gasteiger partial charge in [-0.2, -0.15) is 9.78 Å². The Morgan fingerprint density at radius 1 is 1.17 bits per heavy atom. The summed E-state index contributed by atoms with van der Waals surface area (Å²) >= 11 is 7.28. The lowest BCUT2D eigenvalue weighted by Gasteiger charge is -2.08. The number of rotatable bonds is 4. The third-order valence-corrected chi connectivity index (χ3v) is 5.21. The normalized spacial score (nSPS) is 10.9. The Hall–Kier alpha value is -3.10. The van der Waals surface area contributed by atoms with E-state index in [4.69, 9.17) is 11.6 Å². The number of aromatic nitrogens is 3. The van der Waals surface area contributed by atoms with Gasteiger partial charge in [-0.3, -0.25) is 4.79 Å². The molecule has 0 fully saturated rings. The molecule has 9 heteroatoms. The van der Waals surface area contributed by atoms with Crippen LogP contribution in [0.3, 0.4) is 0 Å². The van der Waals surface area contributed by atoms with Crippen molar-refractivity contribution >= 4 is 34.7 Å². The van der Waals surface area contributed by atoms with Gasteiger partial charge in [0.05, 0.1) is 22.0 Å². The summed E-state index contributed by atoms with van der Waals surface area (Å²) in [6, 6.07) is 11.7. The van der Waals surface area contributed by atoms with Gasteiger partial charge >= 0.3 is 0 Å². The van der Waals surface area contributed by atoms with Crippen LogP contribution in [0.1, 0.15) is 16.1 Å². The summed E-state index contributed by atoms with van der Waals surface area (Å²) < 4.78 is 28.6. The third kappa shape index (κ3) is 3.90. The highest BCUT2D eigenvalue weighted by molar-refractivity contribution is 7.12. The number of hydrogen-bond donors (Lipinski definition) is 1. The number of aryl methyl sites for hydroxylation is 1. The van der Waals surface area contributed by atoms with Crippen LogP contribution in [-0.4, -0.2) is 20.7 Å². The van der Waals surface area contributed by atoms with Crippen LogP contribution in [0.5, 0.6) is 0 Å². The van der Waals surface area contributed by atoms with E-state index in [9.17, 15) is 13.6 Å². The number of nitrogens with zero attached hydrogens (tertiary/aromatic N) is 3. The predicted octanol–water partition coefficient (Wildman–Crippen LogP) is 5.49. The van der Waals surface area contributed by atoms with Crippen LogP contribution in [-0.2, 0) is 0 Å². The van der Waals surface area contributed by atoms with Crippen LogP contribution in [0, 0.1) is 18.6 Å². The van der Waals surface area contributed by atoms with E-state index in [0.29, 0.717) is 22.3 Å². The molecule has 4 aromatic rings. The molecule has 2 heterocycles. The number of anilines is 1. The summed E-state index contributed by atoms with van der Waals surface area (Å²) in [4.78, 5) is 17.1. The fraction of sp³-hybridized carbons (Fsp3) is 0.0500. The number of thiazole rings is 1. The smallest absolute Gasteiger partial charge is 0.261 e. The first-order valence-corrected chi connectivity index (χ1v) is 9.72. The van der Waals surface area contributed by atoms with E-state index in [1.165, 1.54) is 46.4 Å². The molecule has 1 N–H and O–H groups in total. The van der Waals surface area contributed by atoms with Crippen LogP contribution >= 0.6 is 22.9 Å². The number of benzene rings is 2. The van der Waals surface area contributed by atoms with E-state index in [1.54, 1.807) is 30.5 Å². The minimum atomic E-state index is -0.717. The lowest BCUT2D eigenvalue weighted by molar-refractivity contribution is 0.102. The monoisotopic (exact) mass is 430 g/mol. The van der Waals surface area contributed by atoms with Gasteiger partial charge in [-0.1, -0.05) is 17.7 Å². The summed E-state index contributed by atoms with van der Waals surface area (Å²) in [6.45, 7) is 1.76. The number of hydrogen-bond acceptors (Lipinski definition) is 4. The van der Waals surface area contributed by atoms with Crippen molar-refractivity contribution in [1.29, 1.82) is 0 Å². The SMILES string of the molecule is Cc1cc(NC(=O)c2c(F)cccc2Cl)n(-c2nc(-c3ccc(F)cc3)cs2)n1. The van der Waals surface area contributed by atoms with Crippen LogP contribution < -0.4 is 5.32 Å². The summed E-state index contributed by atoms with van der Waals surface area (Å²) in [6.07, 6.45) is 0. The average Bonchev–Trinajstić information content (AvgIpc) is 3.29. The Morgan fingerprint density at radius 2 is 1.93 bits per heavy atom. The minimum absolute atomic E-state index is 0.0122. The Kier molecular flexibility index (Phi) is 5.12. The minimum Gasteiger partial charge on any atom is -0.306 e. The molecule has 0 bridgehead atoms. The van der Waals surface area contributed by atoms with Crippen molar-refractivity contribution in [1.82, 2.24) is 14.8 Å². The molecular weight excluding hydrogens is 418 g/mol. The molecule has 0 saturated carbocycles. The van der Waals surface area contributed by atoms with Gasteiger partial charge in [0.15, 0.2) is 0 Å². The maximum Gasteiger partial charge on any atom is 0.261 e. The van der Waals surface area contributed by atoms with E-state index in [-0.39, 0.29) is 16.4 Å². The molecule has 0 aliphatic carbocycles. The summed E-state index contributed by atoms with van der Waals surface area (Å²) in [5, 5.41) is 9.30. The van der Waals surface area contributed by atoms with E-state index in [0.717, 1.165) is 5.56 Å². The van der Waals surface area contributed by atoms with Crippen molar-refractivity contribution in [2.24, 2.45) is 0 Å². The average molecular weight is 431 g/mol. The maximum atomic E-state index is 14.0. The van der Waals surface area contributed by atoms with Crippen molar-refractivity contribution in [2.45, 2.75) is 6.92 Å². The summed E-state index contributed by atoms with van der Waals surface area (Å²) in [5.41, 5.74) is 1.79. The number of nitrogens with one attached hydrogen (secondary N) is 1. The van der Waals surface area contributed by atoms with Gasteiger partial charge in [0.25, 0.3) is 5.91 Å². The first kappa shape index (κ1) is 19.2. The molecule has 0 spiro atoms. The number of halogens is 3. The Labute approximate surface area is 173 Å². The van der Waals surface area contributed by atoms with E-state index in [2.05, 4.69) is 15.4 Å². The Morgan fingerprint density at radius 3 is 2.66 bits per heavy atom. The lowest BCUT2D eigenvalue weighted by atomic mass is 10.2.